The average molecular weight is 379 g/mol. The summed E-state index contributed by atoms with van der Waals surface area (Å²) in [5.74, 6) is 0. The summed E-state index contributed by atoms with van der Waals surface area (Å²) in [6.45, 7) is 3.70. The van der Waals surface area contributed by atoms with Gasteiger partial charge in [-0.05, 0) is 48.0 Å². The molecule has 118 valence electrons. The van der Waals surface area contributed by atoms with E-state index in [0.717, 1.165) is 0 Å². The van der Waals surface area contributed by atoms with Gasteiger partial charge in [0.15, 0.2) is 0 Å². The summed E-state index contributed by atoms with van der Waals surface area (Å²) in [6.07, 6.45) is -0.539. The molecule has 2 rings (SSSR count). The Hall–Kier alpha value is -0.670. The summed E-state index contributed by atoms with van der Waals surface area (Å²) in [7, 11) is -3.71. The number of ether oxygens (including phenoxy) is 1. The third-order valence-corrected chi connectivity index (χ3v) is 6.03. The number of nitrogens with zero attached hydrogens (tertiary/aromatic N) is 1. The number of benzene rings is 1. The SMILES string of the molecule is CC1(C)CN(S(=O)(=O)c2cc(N)ccc2Br)CC(CO)O1. The van der Waals surface area contributed by atoms with Crippen molar-refractivity contribution in [3.63, 3.8) is 0 Å². The van der Waals surface area contributed by atoms with Gasteiger partial charge < -0.3 is 15.6 Å². The summed E-state index contributed by atoms with van der Waals surface area (Å²) in [5.41, 5.74) is 5.41. The number of hydrogen-bond donors (Lipinski definition) is 2. The van der Waals surface area contributed by atoms with E-state index in [1.54, 1.807) is 26.0 Å². The van der Waals surface area contributed by atoms with Gasteiger partial charge in [-0.1, -0.05) is 0 Å². The van der Waals surface area contributed by atoms with E-state index in [1.807, 2.05) is 0 Å². The zero-order chi connectivity index (χ0) is 15.8. The van der Waals surface area contributed by atoms with Gasteiger partial charge in [-0.3, -0.25) is 0 Å². The molecule has 0 aliphatic carbocycles. The highest BCUT2D eigenvalue weighted by Gasteiger charge is 2.39. The van der Waals surface area contributed by atoms with Gasteiger partial charge in [0, 0.05) is 23.2 Å². The monoisotopic (exact) mass is 378 g/mol. The Balaban J connectivity index is 2.41. The van der Waals surface area contributed by atoms with Crippen LogP contribution >= 0.6 is 15.9 Å². The van der Waals surface area contributed by atoms with Crippen molar-refractivity contribution in [2.75, 3.05) is 25.4 Å². The summed E-state index contributed by atoms with van der Waals surface area (Å²) in [4.78, 5) is 0.122. The molecular formula is C13H19BrN2O4S. The maximum atomic E-state index is 12.8. The van der Waals surface area contributed by atoms with E-state index in [1.165, 1.54) is 10.4 Å². The first-order valence-electron chi connectivity index (χ1n) is 6.49. The van der Waals surface area contributed by atoms with E-state index in [-0.39, 0.29) is 24.6 Å². The van der Waals surface area contributed by atoms with Gasteiger partial charge in [0.2, 0.25) is 10.0 Å². The zero-order valence-corrected chi connectivity index (χ0v) is 14.3. The highest BCUT2D eigenvalue weighted by Crippen LogP contribution is 2.31. The van der Waals surface area contributed by atoms with Gasteiger partial charge in [-0.15, -0.1) is 0 Å². The van der Waals surface area contributed by atoms with Crippen LogP contribution in [0.15, 0.2) is 27.6 Å². The normalized spacial score (nSPS) is 23.1. The van der Waals surface area contributed by atoms with Crippen molar-refractivity contribution >= 4 is 31.6 Å². The molecule has 21 heavy (non-hydrogen) atoms. The molecule has 3 N–H and O–H groups in total. The van der Waals surface area contributed by atoms with Crippen molar-refractivity contribution in [1.82, 2.24) is 4.31 Å². The molecule has 1 fully saturated rings. The van der Waals surface area contributed by atoms with Gasteiger partial charge in [-0.25, -0.2) is 8.42 Å². The Morgan fingerprint density at radius 3 is 2.81 bits per heavy atom. The largest absolute Gasteiger partial charge is 0.399 e. The average Bonchev–Trinajstić information content (AvgIpc) is 2.39. The highest BCUT2D eigenvalue weighted by molar-refractivity contribution is 9.10. The van der Waals surface area contributed by atoms with Crippen LogP contribution in [-0.2, 0) is 14.8 Å². The Bertz CT molecular complexity index is 633. The van der Waals surface area contributed by atoms with Crippen molar-refractivity contribution < 1.29 is 18.3 Å². The number of sulfonamides is 1. The Morgan fingerprint density at radius 1 is 1.52 bits per heavy atom. The minimum atomic E-state index is -3.71. The van der Waals surface area contributed by atoms with E-state index in [4.69, 9.17) is 10.5 Å². The summed E-state index contributed by atoms with van der Waals surface area (Å²) >= 11 is 3.25. The van der Waals surface area contributed by atoms with Crippen LogP contribution in [0, 0.1) is 0 Å². The molecule has 0 aromatic heterocycles. The number of hydrogen-bond acceptors (Lipinski definition) is 5. The second kappa shape index (κ2) is 5.85. The molecule has 1 aliphatic heterocycles. The minimum Gasteiger partial charge on any atom is -0.399 e. The van der Waals surface area contributed by atoms with Gasteiger partial charge in [-0.2, -0.15) is 4.31 Å². The zero-order valence-electron chi connectivity index (χ0n) is 11.9. The third-order valence-electron chi connectivity index (χ3n) is 3.23. The van der Waals surface area contributed by atoms with Crippen LogP contribution in [0.4, 0.5) is 5.69 Å². The molecule has 6 nitrogen and oxygen atoms in total. The lowest BCUT2D eigenvalue weighted by atomic mass is 10.1. The molecule has 0 saturated carbocycles. The Kier molecular flexibility index (Phi) is 4.65. The predicted octanol–water partition coefficient (Wildman–Crippen LogP) is 1.19. The molecule has 1 saturated heterocycles. The molecule has 0 bridgehead atoms. The first kappa shape index (κ1) is 16.7. The van der Waals surface area contributed by atoms with Crippen molar-refractivity contribution in [2.45, 2.75) is 30.4 Å². The lowest BCUT2D eigenvalue weighted by Crippen LogP contribution is -2.55. The second-order valence-corrected chi connectivity index (χ2v) is 8.43. The molecule has 1 aromatic rings. The summed E-state index contributed by atoms with van der Waals surface area (Å²) < 4.78 is 33.1. The van der Waals surface area contributed by atoms with Crippen LogP contribution in [0.3, 0.4) is 0 Å². The number of aliphatic hydroxyl groups excluding tert-OH is 1. The number of nitrogen functional groups attached to an aromatic ring is 1. The highest BCUT2D eigenvalue weighted by atomic mass is 79.9. The fourth-order valence-corrected chi connectivity index (χ4v) is 4.96. The first-order valence-corrected chi connectivity index (χ1v) is 8.73. The smallest absolute Gasteiger partial charge is 0.244 e. The summed E-state index contributed by atoms with van der Waals surface area (Å²) in [6, 6.07) is 4.66. The van der Waals surface area contributed by atoms with Crippen molar-refractivity contribution in [3.05, 3.63) is 22.7 Å². The lowest BCUT2D eigenvalue weighted by molar-refractivity contribution is -0.131. The second-order valence-electron chi connectivity index (χ2n) is 5.67. The van der Waals surface area contributed by atoms with Crippen LogP contribution in [0.5, 0.6) is 0 Å². The van der Waals surface area contributed by atoms with Crippen molar-refractivity contribution in [3.8, 4) is 0 Å². The van der Waals surface area contributed by atoms with E-state index in [9.17, 15) is 13.5 Å². The minimum absolute atomic E-state index is 0.115. The fourth-order valence-electron chi connectivity index (χ4n) is 2.38. The first-order chi connectivity index (χ1) is 9.65. The maximum Gasteiger partial charge on any atom is 0.244 e. The number of rotatable bonds is 3. The Morgan fingerprint density at radius 2 is 2.19 bits per heavy atom. The third kappa shape index (κ3) is 3.57. The number of nitrogens with two attached hydrogens (primary N) is 1. The van der Waals surface area contributed by atoms with E-state index >= 15 is 0 Å². The van der Waals surface area contributed by atoms with Crippen LogP contribution in [0.2, 0.25) is 0 Å². The van der Waals surface area contributed by atoms with Gasteiger partial charge >= 0.3 is 0 Å². The van der Waals surface area contributed by atoms with Gasteiger partial charge in [0.25, 0.3) is 0 Å². The number of morpholine rings is 1. The Labute approximate surface area is 133 Å². The molecular weight excluding hydrogens is 360 g/mol. The quantitative estimate of drug-likeness (QED) is 0.770. The number of aliphatic hydroxyl groups is 1. The van der Waals surface area contributed by atoms with Gasteiger partial charge in [0.1, 0.15) is 0 Å². The molecule has 1 aliphatic rings. The molecule has 0 amide bonds. The molecule has 1 heterocycles. The van der Waals surface area contributed by atoms with Crippen molar-refractivity contribution in [2.24, 2.45) is 0 Å². The van der Waals surface area contributed by atoms with E-state index < -0.39 is 21.7 Å². The van der Waals surface area contributed by atoms with Crippen LogP contribution in [0.1, 0.15) is 13.8 Å². The van der Waals surface area contributed by atoms with Crippen LogP contribution < -0.4 is 5.73 Å². The standard InChI is InChI=1S/C13H19BrN2O4S/c1-13(2)8-16(6-10(7-17)20-13)21(18,19)12-5-9(15)3-4-11(12)14/h3-5,10,17H,6-8,15H2,1-2H3. The van der Waals surface area contributed by atoms with E-state index in [0.29, 0.717) is 10.2 Å². The van der Waals surface area contributed by atoms with E-state index in [2.05, 4.69) is 15.9 Å². The lowest BCUT2D eigenvalue weighted by Gasteiger charge is -2.41. The maximum absolute atomic E-state index is 12.8. The molecule has 1 unspecified atom stereocenters. The number of halogens is 1. The molecule has 8 heteroatoms. The summed E-state index contributed by atoms with van der Waals surface area (Å²) in [5, 5.41) is 9.30. The molecule has 1 aromatic carbocycles. The van der Waals surface area contributed by atoms with Crippen LogP contribution in [0.25, 0.3) is 0 Å². The topological polar surface area (TPSA) is 92.9 Å². The van der Waals surface area contributed by atoms with Gasteiger partial charge in [0.05, 0.1) is 23.2 Å². The molecule has 0 spiro atoms. The molecule has 0 radical (unpaired) electrons. The van der Waals surface area contributed by atoms with Crippen molar-refractivity contribution in [1.29, 1.82) is 0 Å². The predicted molar refractivity (Wildman–Crippen MR) is 83.4 cm³/mol. The van der Waals surface area contributed by atoms with Crippen LogP contribution in [-0.4, -0.2) is 49.2 Å². The molecule has 1 atom stereocenters. The number of anilines is 1. The fraction of sp³-hybridized carbons (Fsp3) is 0.538.